The second-order valence-electron chi connectivity index (χ2n) is 10.8. The summed E-state index contributed by atoms with van der Waals surface area (Å²) in [4.78, 5) is 0. The van der Waals surface area contributed by atoms with Crippen molar-refractivity contribution < 1.29 is 31.3 Å². The van der Waals surface area contributed by atoms with Crippen LogP contribution in [0.2, 0.25) is 0 Å². The quantitative estimate of drug-likeness (QED) is 0.349. The first-order chi connectivity index (χ1) is 14.8. The minimum absolute atomic E-state index is 0.0542. The van der Waals surface area contributed by atoms with E-state index < -0.39 is 38.8 Å². The molecule has 2 N–H and O–H groups in total. The Bertz CT molecular complexity index is 917. The molecule has 0 saturated heterocycles. The molecule has 4 saturated carbocycles. The second kappa shape index (κ2) is 8.24. The SMILES string of the molecule is C=[N+](C1C2CCC3CC(C2)CC1C3)C(O)C(C)(C)NS(=O)(=O)C1CC=CC=C1C(F)(F)F. The van der Waals surface area contributed by atoms with E-state index >= 15 is 0 Å². The summed E-state index contributed by atoms with van der Waals surface area (Å²) in [6.45, 7) is 7.15. The summed E-state index contributed by atoms with van der Waals surface area (Å²) < 4.78 is 70.4. The number of fused-ring (bicyclic) bond motifs is 1. The van der Waals surface area contributed by atoms with Gasteiger partial charge in [-0.2, -0.15) is 17.9 Å². The van der Waals surface area contributed by atoms with Crippen LogP contribution in [0.25, 0.3) is 0 Å². The molecular weight excluding hydrogens is 441 g/mol. The Balaban J connectivity index is 1.52. The van der Waals surface area contributed by atoms with Gasteiger partial charge in [0.25, 0.3) is 6.23 Å². The Kier molecular flexibility index (Phi) is 6.16. The monoisotopic (exact) mass is 475 g/mol. The van der Waals surface area contributed by atoms with Gasteiger partial charge in [0.15, 0.2) is 6.04 Å². The number of allylic oxidation sites excluding steroid dienone is 3. The fourth-order valence-corrected chi connectivity index (χ4v) is 8.69. The first-order valence-electron chi connectivity index (χ1n) is 11.5. The molecule has 0 aromatic rings. The van der Waals surface area contributed by atoms with Gasteiger partial charge in [-0.05, 0) is 70.6 Å². The predicted molar refractivity (Wildman–Crippen MR) is 117 cm³/mol. The van der Waals surface area contributed by atoms with Gasteiger partial charge in [-0.1, -0.05) is 18.2 Å². The minimum Gasteiger partial charge on any atom is -0.336 e. The standard InChI is InChI=1S/C23H34F3N2O3S/c1-22(2,27-32(30,31)19-7-5-4-6-18(19)23(24,25)26)21(29)28(3)20-16-9-8-14-10-15(12-16)13-17(20)11-14/h4-6,14-17,19-21,27,29H,3,7-13H2,1-2H3/q+1. The van der Waals surface area contributed by atoms with Crippen molar-refractivity contribution in [3.63, 3.8) is 0 Å². The molecule has 0 aliphatic heterocycles. The molecule has 4 bridgehead atoms. The number of nitrogens with zero attached hydrogens (tertiary/aromatic N) is 1. The first kappa shape index (κ1) is 24.0. The van der Waals surface area contributed by atoms with E-state index in [1.807, 2.05) is 0 Å². The third kappa shape index (κ3) is 4.44. The average molecular weight is 476 g/mol. The van der Waals surface area contributed by atoms with Crippen molar-refractivity contribution in [2.45, 2.75) is 88.0 Å². The van der Waals surface area contributed by atoms with Crippen LogP contribution in [0.3, 0.4) is 0 Å². The Morgan fingerprint density at radius 3 is 2.47 bits per heavy atom. The molecule has 0 amide bonds. The molecule has 5 rings (SSSR count). The smallest absolute Gasteiger partial charge is 0.336 e. The predicted octanol–water partition coefficient (Wildman–Crippen LogP) is 3.75. The molecule has 5 aliphatic rings. The normalized spacial score (nSPS) is 36.0. The van der Waals surface area contributed by atoms with E-state index in [9.17, 15) is 26.7 Å². The van der Waals surface area contributed by atoms with Crippen LogP contribution in [0, 0.1) is 23.7 Å². The van der Waals surface area contributed by atoms with Crippen LogP contribution in [0.15, 0.2) is 23.8 Å². The lowest BCUT2D eigenvalue weighted by Crippen LogP contribution is -2.61. The van der Waals surface area contributed by atoms with Crippen molar-refractivity contribution in [2.24, 2.45) is 23.7 Å². The number of aliphatic hydroxyl groups excluding tert-OH is 1. The third-order valence-electron chi connectivity index (χ3n) is 8.05. The maximum atomic E-state index is 13.4. The Morgan fingerprint density at radius 1 is 1.12 bits per heavy atom. The summed E-state index contributed by atoms with van der Waals surface area (Å²) in [6, 6.07) is 0.0542. The number of sulfonamides is 1. The molecule has 5 nitrogen and oxygen atoms in total. The van der Waals surface area contributed by atoms with Crippen LogP contribution in [0.1, 0.15) is 58.8 Å². The highest BCUT2D eigenvalue weighted by molar-refractivity contribution is 7.90. The van der Waals surface area contributed by atoms with Crippen LogP contribution in [-0.2, 0) is 10.0 Å². The molecule has 5 aliphatic carbocycles. The minimum atomic E-state index is -4.75. The highest BCUT2D eigenvalue weighted by atomic mass is 32.2. The van der Waals surface area contributed by atoms with Crippen molar-refractivity contribution in [2.75, 3.05) is 0 Å². The summed E-state index contributed by atoms with van der Waals surface area (Å²) >= 11 is 0. The van der Waals surface area contributed by atoms with E-state index in [1.54, 1.807) is 4.58 Å². The summed E-state index contributed by atoms with van der Waals surface area (Å²) in [5.74, 6) is 2.28. The molecular formula is C23H34F3N2O3S+. The van der Waals surface area contributed by atoms with Gasteiger partial charge in [0.05, 0.1) is 5.57 Å². The molecule has 180 valence electrons. The van der Waals surface area contributed by atoms with Gasteiger partial charge in [-0.3, -0.25) is 0 Å². The van der Waals surface area contributed by atoms with Crippen molar-refractivity contribution in [3.8, 4) is 0 Å². The van der Waals surface area contributed by atoms with Gasteiger partial charge >= 0.3 is 6.18 Å². The molecule has 0 aromatic carbocycles. The molecule has 0 aromatic heterocycles. The van der Waals surface area contributed by atoms with Gasteiger partial charge < -0.3 is 5.11 Å². The lowest BCUT2D eigenvalue weighted by Gasteiger charge is -2.43. The lowest BCUT2D eigenvalue weighted by molar-refractivity contribution is -0.658. The van der Waals surface area contributed by atoms with Gasteiger partial charge in [-0.15, -0.1) is 0 Å². The zero-order valence-electron chi connectivity index (χ0n) is 18.7. The maximum Gasteiger partial charge on any atom is 0.414 e. The summed E-state index contributed by atoms with van der Waals surface area (Å²) in [5, 5.41) is 9.45. The summed E-state index contributed by atoms with van der Waals surface area (Å²) in [6.07, 6.45) is 4.05. The van der Waals surface area contributed by atoms with E-state index in [0.29, 0.717) is 11.8 Å². The summed E-state index contributed by atoms with van der Waals surface area (Å²) in [5.41, 5.74) is -2.51. The fraction of sp³-hybridized carbons (Fsp3) is 0.783. The topological polar surface area (TPSA) is 69.4 Å². The Hall–Kier alpha value is -1.19. The molecule has 0 radical (unpaired) electrons. The molecule has 9 heteroatoms. The fourth-order valence-electron chi connectivity index (χ4n) is 6.80. The Morgan fingerprint density at radius 2 is 1.78 bits per heavy atom. The number of aliphatic hydroxyl groups is 1. The highest BCUT2D eigenvalue weighted by Crippen LogP contribution is 2.52. The summed E-state index contributed by atoms with van der Waals surface area (Å²) in [7, 11) is -4.41. The van der Waals surface area contributed by atoms with Crippen molar-refractivity contribution >= 4 is 16.7 Å². The number of rotatable bonds is 6. The molecule has 4 fully saturated rings. The number of nitrogens with one attached hydrogen (secondary N) is 1. The zero-order chi connectivity index (χ0) is 23.5. The van der Waals surface area contributed by atoms with Crippen LogP contribution >= 0.6 is 0 Å². The lowest BCUT2D eigenvalue weighted by atomic mass is 9.65. The molecule has 0 spiro atoms. The van der Waals surface area contributed by atoms with Crippen molar-refractivity contribution in [1.29, 1.82) is 0 Å². The Labute approximate surface area is 188 Å². The molecule has 7 unspecified atom stereocenters. The molecule has 0 heterocycles. The van der Waals surface area contributed by atoms with Crippen LogP contribution < -0.4 is 4.72 Å². The largest absolute Gasteiger partial charge is 0.414 e. The van der Waals surface area contributed by atoms with Gasteiger partial charge in [0.2, 0.25) is 10.0 Å². The highest BCUT2D eigenvalue weighted by Gasteiger charge is 2.54. The van der Waals surface area contributed by atoms with Crippen molar-refractivity contribution in [3.05, 3.63) is 23.8 Å². The third-order valence-corrected chi connectivity index (χ3v) is 10.1. The van der Waals surface area contributed by atoms with Crippen LogP contribution in [0.5, 0.6) is 0 Å². The number of hydrogen-bond acceptors (Lipinski definition) is 3. The maximum absolute atomic E-state index is 13.4. The molecule has 7 atom stereocenters. The van der Waals surface area contributed by atoms with Crippen LogP contribution in [0.4, 0.5) is 13.2 Å². The van der Waals surface area contributed by atoms with Gasteiger partial charge in [0, 0.05) is 11.8 Å². The van der Waals surface area contributed by atoms with Crippen LogP contribution in [-0.4, -0.2) is 54.1 Å². The second-order valence-corrected chi connectivity index (χ2v) is 12.7. The van der Waals surface area contributed by atoms with E-state index in [0.717, 1.165) is 43.6 Å². The number of halogens is 3. The number of alkyl halides is 3. The average Bonchev–Trinajstić information content (AvgIpc) is 2.91. The van der Waals surface area contributed by atoms with E-state index in [1.165, 1.54) is 38.8 Å². The van der Waals surface area contributed by atoms with Crippen molar-refractivity contribution in [1.82, 2.24) is 4.72 Å². The molecule has 32 heavy (non-hydrogen) atoms. The zero-order valence-corrected chi connectivity index (χ0v) is 19.5. The van der Waals surface area contributed by atoms with E-state index in [4.69, 9.17) is 0 Å². The van der Waals surface area contributed by atoms with E-state index in [2.05, 4.69) is 11.4 Å². The van der Waals surface area contributed by atoms with E-state index in [-0.39, 0.29) is 12.5 Å². The van der Waals surface area contributed by atoms with Gasteiger partial charge in [-0.25, -0.2) is 13.0 Å². The number of hydrogen-bond donors (Lipinski definition) is 2. The first-order valence-corrected chi connectivity index (χ1v) is 13.1. The van der Waals surface area contributed by atoms with Gasteiger partial charge in [0.1, 0.15) is 17.5 Å².